The number of hydrogen-bond acceptors (Lipinski definition) is 3. The Morgan fingerprint density at radius 3 is 2.43 bits per heavy atom. The fourth-order valence-electron chi connectivity index (χ4n) is 2.18. The summed E-state index contributed by atoms with van der Waals surface area (Å²) in [6, 6.07) is 0. The lowest BCUT2D eigenvalue weighted by Gasteiger charge is -2.34. The minimum atomic E-state index is 0.179. The van der Waals surface area contributed by atoms with E-state index in [1.54, 1.807) is 11.9 Å². The Morgan fingerprint density at radius 1 is 1.29 bits per heavy atom. The summed E-state index contributed by atoms with van der Waals surface area (Å²) in [5, 5.41) is 0. The molecule has 0 spiro atoms. The zero-order valence-corrected chi connectivity index (χ0v) is 15.0. The average Bonchev–Trinajstić information content (AvgIpc) is 2.38. The lowest BCUT2D eigenvalue weighted by Crippen LogP contribution is -2.47. The third kappa shape index (κ3) is 12.8. The number of likely N-dealkylation sites (N-methyl/N-ethyl adjacent to an activating group) is 1. The maximum Gasteiger partial charge on any atom is 0.209 e. The molecule has 1 aliphatic heterocycles. The molecule has 21 heavy (non-hydrogen) atoms. The first kappa shape index (κ1) is 20.4. The van der Waals surface area contributed by atoms with Gasteiger partial charge in [0.1, 0.15) is 0 Å². The van der Waals surface area contributed by atoms with Crippen molar-refractivity contribution in [3.63, 3.8) is 0 Å². The number of carbonyl (C=O) groups excluding carboxylic acids is 1. The van der Waals surface area contributed by atoms with E-state index in [0.717, 1.165) is 44.5 Å². The molecular formula is C17H36N2O2. The number of rotatable bonds is 7. The largest absolute Gasteiger partial charge is 0.374 e. The number of amides is 1. The highest BCUT2D eigenvalue weighted by molar-refractivity contribution is 5.46. The van der Waals surface area contributed by atoms with Crippen LogP contribution in [0.3, 0.4) is 0 Å². The van der Waals surface area contributed by atoms with Gasteiger partial charge in [-0.2, -0.15) is 0 Å². The van der Waals surface area contributed by atoms with Gasteiger partial charge < -0.3 is 9.64 Å². The Bertz CT molecular complexity index is 254. The second kappa shape index (κ2) is 12.0. The highest BCUT2D eigenvalue weighted by Gasteiger charge is 2.20. The number of morpholine rings is 1. The van der Waals surface area contributed by atoms with Crippen molar-refractivity contribution in [2.45, 2.75) is 53.6 Å². The van der Waals surface area contributed by atoms with E-state index in [0.29, 0.717) is 6.54 Å². The zero-order chi connectivity index (χ0) is 16.3. The molecule has 1 saturated heterocycles. The summed E-state index contributed by atoms with van der Waals surface area (Å²) in [7, 11) is 1.80. The highest BCUT2D eigenvalue weighted by Crippen LogP contribution is 2.09. The van der Waals surface area contributed by atoms with Gasteiger partial charge in [-0.3, -0.25) is 9.69 Å². The van der Waals surface area contributed by atoms with E-state index < -0.39 is 0 Å². The van der Waals surface area contributed by atoms with Crippen LogP contribution in [0.15, 0.2) is 0 Å². The molecule has 0 aromatic carbocycles. The molecule has 1 rings (SSSR count). The van der Waals surface area contributed by atoms with Crippen LogP contribution < -0.4 is 0 Å². The molecule has 1 aliphatic rings. The topological polar surface area (TPSA) is 32.8 Å². The molecule has 126 valence electrons. The first-order chi connectivity index (χ1) is 9.85. The number of nitrogens with zero attached hydrogens (tertiary/aromatic N) is 2. The van der Waals surface area contributed by atoms with Crippen molar-refractivity contribution in [1.29, 1.82) is 0 Å². The maximum atomic E-state index is 10.6. The minimum Gasteiger partial charge on any atom is -0.374 e. The average molecular weight is 300 g/mol. The quantitative estimate of drug-likeness (QED) is 0.678. The van der Waals surface area contributed by atoms with E-state index in [2.05, 4.69) is 39.5 Å². The van der Waals surface area contributed by atoms with Gasteiger partial charge >= 0.3 is 0 Å². The van der Waals surface area contributed by atoms with E-state index in [4.69, 9.17) is 4.74 Å². The molecule has 1 amide bonds. The van der Waals surface area contributed by atoms with Crippen LogP contribution in [0.2, 0.25) is 0 Å². The predicted octanol–water partition coefficient (Wildman–Crippen LogP) is 2.87. The third-order valence-corrected chi connectivity index (χ3v) is 3.15. The molecule has 1 atom stereocenters. The smallest absolute Gasteiger partial charge is 0.209 e. The second-order valence-electron chi connectivity index (χ2n) is 7.11. The Labute approximate surface area is 131 Å². The fourth-order valence-corrected chi connectivity index (χ4v) is 2.18. The van der Waals surface area contributed by atoms with Crippen LogP contribution in [0.1, 0.15) is 47.5 Å². The molecule has 0 aromatic rings. The number of carbonyl (C=O) groups is 1. The SMILES string of the molecule is CC(C)C.CC(C)CCCN1CCOC(CN(C)C=O)C1. The molecule has 0 N–H and O–H groups in total. The van der Waals surface area contributed by atoms with Crippen molar-refractivity contribution >= 4 is 6.41 Å². The Morgan fingerprint density at radius 2 is 1.90 bits per heavy atom. The van der Waals surface area contributed by atoms with Crippen molar-refractivity contribution in [2.24, 2.45) is 11.8 Å². The fraction of sp³-hybridized carbons (Fsp3) is 0.941. The monoisotopic (exact) mass is 300 g/mol. The van der Waals surface area contributed by atoms with Gasteiger partial charge in [-0.25, -0.2) is 0 Å². The van der Waals surface area contributed by atoms with Crippen molar-refractivity contribution in [1.82, 2.24) is 9.80 Å². The van der Waals surface area contributed by atoms with Gasteiger partial charge in [0, 0.05) is 26.7 Å². The minimum absolute atomic E-state index is 0.179. The van der Waals surface area contributed by atoms with Crippen LogP contribution in [-0.2, 0) is 9.53 Å². The van der Waals surface area contributed by atoms with E-state index >= 15 is 0 Å². The Balaban J connectivity index is 0.000000885. The molecule has 0 aliphatic carbocycles. The van der Waals surface area contributed by atoms with Crippen molar-refractivity contribution < 1.29 is 9.53 Å². The number of ether oxygens (including phenoxy) is 1. The molecule has 0 saturated carbocycles. The summed E-state index contributed by atoms with van der Waals surface area (Å²) in [4.78, 5) is 14.7. The van der Waals surface area contributed by atoms with Crippen LogP contribution in [0.4, 0.5) is 0 Å². The van der Waals surface area contributed by atoms with Crippen molar-refractivity contribution in [3.05, 3.63) is 0 Å². The summed E-state index contributed by atoms with van der Waals surface area (Å²) in [6.07, 6.45) is 3.59. The lowest BCUT2D eigenvalue weighted by atomic mass is 10.1. The summed E-state index contributed by atoms with van der Waals surface area (Å²) >= 11 is 0. The second-order valence-corrected chi connectivity index (χ2v) is 7.11. The summed E-state index contributed by atoms with van der Waals surface area (Å²) in [5.74, 6) is 1.62. The van der Waals surface area contributed by atoms with E-state index in [9.17, 15) is 4.79 Å². The van der Waals surface area contributed by atoms with Gasteiger partial charge in [-0.1, -0.05) is 34.6 Å². The van der Waals surface area contributed by atoms with Gasteiger partial charge in [0.15, 0.2) is 0 Å². The van der Waals surface area contributed by atoms with Gasteiger partial charge in [0.2, 0.25) is 6.41 Å². The van der Waals surface area contributed by atoms with Crippen molar-refractivity contribution in [3.8, 4) is 0 Å². The summed E-state index contributed by atoms with van der Waals surface area (Å²) in [6.45, 7) is 15.7. The lowest BCUT2D eigenvalue weighted by molar-refractivity contribution is -0.120. The van der Waals surface area contributed by atoms with Gasteiger partial charge in [0.05, 0.1) is 12.7 Å². The van der Waals surface area contributed by atoms with E-state index in [-0.39, 0.29) is 6.10 Å². The van der Waals surface area contributed by atoms with Gasteiger partial charge in [-0.15, -0.1) is 0 Å². The molecular weight excluding hydrogens is 264 g/mol. The summed E-state index contributed by atoms with van der Waals surface area (Å²) in [5.41, 5.74) is 0. The molecule has 0 aromatic heterocycles. The molecule has 4 nitrogen and oxygen atoms in total. The predicted molar refractivity (Wildman–Crippen MR) is 89.5 cm³/mol. The number of hydrogen-bond donors (Lipinski definition) is 0. The van der Waals surface area contributed by atoms with Crippen molar-refractivity contribution in [2.75, 3.05) is 39.8 Å². The Hall–Kier alpha value is -0.610. The zero-order valence-electron chi connectivity index (χ0n) is 15.0. The molecule has 4 heteroatoms. The molecule has 0 radical (unpaired) electrons. The molecule has 1 heterocycles. The van der Waals surface area contributed by atoms with Crippen LogP contribution >= 0.6 is 0 Å². The summed E-state index contributed by atoms with van der Waals surface area (Å²) < 4.78 is 5.67. The van der Waals surface area contributed by atoms with E-state index in [1.807, 2.05) is 0 Å². The first-order valence-electron chi connectivity index (χ1n) is 8.34. The first-order valence-corrected chi connectivity index (χ1v) is 8.34. The molecule has 1 unspecified atom stereocenters. The normalized spacial score (nSPS) is 19.3. The Kier molecular flexibility index (Phi) is 11.6. The third-order valence-electron chi connectivity index (χ3n) is 3.15. The highest BCUT2D eigenvalue weighted by atomic mass is 16.5. The van der Waals surface area contributed by atoms with Crippen LogP contribution in [-0.4, -0.2) is 62.1 Å². The van der Waals surface area contributed by atoms with Crippen LogP contribution in [0, 0.1) is 11.8 Å². The van der Waals surface area contributed by atoms with Crippen LogP contribution in [0.5, 0.6) is 0 Å². The standard InChI is InChI=1S/C13H26N2O2.C4H10/c1-12(2)5-4-6-15-7-8-17-13(10-15)9-14(3)11-16;1-4(2)3/h11-13H,4-10H2,1-3H3;4H,1-3H3. The maximum absolute atomic E-state index is 10.6. The van der Waals surface area contributed by atoms with E-state index in [1.165, 1.54) is 12.8 Å². The van der Waals surface area contributed by atoms with Gasteiger partial charge in [-0.05, 0) is 31.2 Å². The molecule has 1 fully saturated rings. The molecule has 0 bridgehead atoms. The van der Waals surface area contributed by atoms with Gasteiger partial charge in [0.25, 0.3) is 0 Å². The van der Waals surface area contributed by atoms with Crippen LogP contribution in [0.25, 0.3) is 0 Å².